The van der Waals surface area contributed by atoms with E-state index in [1.165, 1.54) is 19.3 Å². The predicted octanol–water partition coefficient (Wildman–Crippen LogP) is 5.27. The van der Waals surface area contributed by atoms with Crippen molar-refractivity contribution >= 4 is 35.8 Å². The summed E-state index contributed by atoms with van der Waals surface area (Å²) in [6, 6.07) is 14.6. The molecule has 4 atom stereocenters. The molecule has 0 radical (unpaired) electrons. The van der Waals surface area contributed by atoms with Gasteiger partial charge in [-0.05, 0) is 61.1 Å². The van der Waals surface area contributed by atoms with E-state index in [0.29, 0.717) is 19.0 Å². The highest BCUT2D eigenvalue weighted by atomic mass is 16.7. The van der Waals surface area contributed by atoms with Crippen LogP contribution in [0.5, 0.6) is 5.75 Å². The highest BCUT2D eigenvalue weighted by Gasteiger charge is 2.51. The van der Waals surface area contributed by atoms with Gasteiger partial charge in [-0.15, -0.1) is 0 Å². The number of ether oxygens (including phenoxy) is 9. The van der Waals surface area contributed by atoms with Crippen molar-refractivity contribution in [2.24, 2.45) is 0 Å². The fourth-order valence-electron chi connectivity index (χ4n) is 5.08. The van der Waals surface area contributed by atoms with Gasteiger partial charge in [0.1, 0.15) is 30.5 Å². The molecular formula is C38H44O12. The molecule has 0 bridgehead atoms. The molecule has 1 unspecified atom stereocenters. The molecule has 0 spiro atoms. The van der Waals surface area contributed by atoms with E-state index >= 15 is 0 Å². The number of methoxy groups -OCH3 is 1. The second kappa shape index (κ2) is 20.7. The van der Waals surface area contributed by atoms with E-state index in [-0.39, 0.29) is 26.8 Å². The maximum absolute atomic E-state index is 12.6. The van der Waals surface area contributed by atoms with Gasteiger partial charge in [0.15, 0.2) is 19.0 Å². The van der Waals surface area contributed by atoms with Crippen LogP contribution >= 0.6 is 0 Å². The highest BCUT2D eigenvalue weighted by molar-refractivity contribution is 5.88. The summed E-state index contributed by atoms with van der Waals surface area (Å²) in [6.07, 6.45) is 8.40. The number of rotatable bonds is 21. The summed E-state index contributed by atoms with van der Waals surface area (Å²) in [5.41, 5.74) is 2.35. The van der Waals surface area contributed by atoms with Gasteiger partial charge in [-0.1, -0.05) is 49.6 Å². The lowest BCUT2D eigenvalue weighted by Gasteiger charge is -2.16. The Hall–Kier alpha value is -4.75. The summed E-state index contributed by atoms with van der Waals surface area (Å²) in [5.74, 6) is -0.301. The normalized spacial score (nSPS) is 19.6. The van der Waals surface area contributed by atoms with Gasteiger partial charge in [-0.3, -0.25) is 0 Å². The first-order valence-corrected chi connectivity index (χ1v) is 16.4. The first-order chi connectivity index (χ1) is 24.4. The first-order valence-electron chi connectivity index (χ1n) is 16.4. The van der Waals surface area contributed by atoms with E-state index in [4.69, 9.17) is 42.6 Å². The number of benzene rings is 2. The largest absolute Gasteiger partial charge is 0.494 e. The van der Waals surface area contributed by atoms with E-state index in [1.54, 1.807) is 12.2 Å². The lowest BCUT2D eigenvalue weighted by atomic mass is 10.1. The third-order valence-corrected chi connectivity index (χ3v) is 7.67. The van der Waals surface area contributed by atoms with E-state index in [0.717, 1.165) is 54.2 Å². The minimum atomic E-state index is -0.630. The molecule has 12 nitrogen and oxygen atoms in total. The average Bonchev–Trinajstić information content (AvgIpc) is 3.72. The standard InChI is InChI=1S/C38H44O12/c1-4-34(39)45-22-8-6-5-7-21-44-31-17-11-29(12-18-31)14-20-36(41)50-33-24-47-37-32(23-46-38(33)37)49-35(40)19-13-28-9-15-30(16-10-28)27(2)48-26-43-25-42-3/h4,9-20,32-33,37-38H,1-2,5-8,21-26H2,3H3/b19-13+,20-14+/t32?,33-,37-,38-/m1/s1. The molecule has 2 saturated heterocycles. The van der Waals surface area contributed by atoms with Crippen LogP contribution in [0, 0.1) is 0 Å². The Morgan fingerprint density at radius 2 is 1.30 bits per heavy atom. The van der Waals surface area contributed by atoms with E-state index in [2.05, 4.69) is 13.2 Å². The Kier molecular flexibility index (Phi) is 15.7. The quantitative estimate of drug-likeness (QED) is 0.0422. The molecule has 0 aliphatic carbocycles. The Morgan fingerprint density at radius 1 is 0.740 bits per heavy atom. The summed E-state index contributed by atoms with van der Waals surface area (Å²) in [6.45, 7) is 8.62. The molecule has 2 heterocycles. The maximum atomic E-state index is 12.6. The van der Waals surface area contributed by atoms with Crippen molar-refractivity contribution in [3.05, 3.63) is 96.6 Å². The second-order valence-corrected chi connectivity index (χ2v) is 11.3. The van der Waals surface area contributed by atoms with Gasteiger partial charge in [0.2, 0.25) is 0 Å². The Balaban J connectivity index is 1.12. The van der Waals surface area contributed by atoms with Crippen molar-refractivity contribution in [3.8, 4) is 5.75 Å². The molecule has 4 rings (SSSR count). The van der Waals surface area contributed by atoms with Gasteiger partial charge in [-0.25, -0.2) is 14.4 Å². The van der Waals surface area contributed by atoms with Crippen LogP contribution < -0.4 is 4.74 Å². The van der Waals surface area contributed by atoms with Gasteiger partial charge >= 0.3 is 17.9 Å². The molecule has 2 aromatic carbocycles. The van der Waals surface area contributed by atoms with Crippen molar-refractivity contribution in [1.82, 2.24) is 0 Å². The third-order valence-electron chi connectivity index (χ3n) is 7.67. The molecule has 268 valence electrons. The molecule has 0 amide bonds. The van der Waals surface area contributed by atoms with Gasteiger partial charge in [0.05, 0.1) is 26.4 Å². The zero-order valence-corrected chi connectivity index (χ0v) is 28.2. The van der Waals surface area contributed by atoms with Crippen molar-refractivity contribution in [3.63, 3.8) is 0 Å². The third kappa shape index (κ3) is 12.6. The van der Waals surface area contributed by atoms with Crippen LogP contribution in [0.15, 0.2) is 79.9 Å². The van der Waals surface area contributed by atoms with Crippen LogP contribution in [-0.2, 0) is 52.3 Å². The monoisotopic (exact) mass is 692 g/mol. The van der Waals surface area contributed by atoms with Crippen molar-refractivity contribution in [2.75, 3.05) is 47.1 Å². The number of unbranched alkanes of at least 4 members (excludes halogenated alkanes) is 3. The summed E-state index contributed by atoms with van der Waals surface area (Å²) in [5, 5.41) is 0. The van der Waals surface area contributed by atoms with Crippen LogP contribution in [0.2, 0.25) is 0 Å². The predicted molar refractivity (Wildman–Crippen MR) is 183 cm³/mol. The molecule has 2 aliphatic rings. The average molecular weight is 693 g/mol. The fraction of sp³-hybridized carbons (Fsp3) is 0.395. The Morgan fingerprint density at radius 3 is 1.86 bits per heavy atom. The highest BCUT2D eigenvalue weighted by Crippen LogP contribution is 2.31. The molecule has 0 saturated carbocycles. The smallest absolute Gasteiger partial charge is 0.331 e. The molecule has 2 aromatic rings. The Labute approximate surface area is 292 Å². The Bertz CT molecular complexity index is 1460. The topological polar surface area (TPSA) is 134 Å². The van der Waals surface area contributed by atoms with E-state index < -0.39 is 42.3 Å². The zero-order valence-electron chi connectivity index (χ0n) is 28.2. The minimum absolute atomic E-state index is 0.0209. The maximum Gasteiger partial charge on any atom is 0.331 e. The van der Waals surface area contributed by atoms with Crippen LogP contribution in [0.25, 0.3) is 17.9 Å². The summed E-state index contributed by atoms with van der Waals surface area (Å²) < 4.78 is 48.8. The number of carbonyl (C=O) groups is 3. The molecule has 0 N–H and O–H groups in total. The van der Waals surface area contributed by atoms with E-state index in [1.807, 2.05) is 48.5 Å². The number of carbonyl (C=O) groups excluding carboxylic acids is 3. The summed E-state index contributed by atoms with van der Waals surface area (Å²) >= 11 is 0. The lowest BCUT2D eigenvalue weighted by molar-refractivity contribution is -0.149. The van der Waals surface area contributed by atoms with Crippen molar-refractivity contribution in [2.45, 2.75) is 50.1 Å². The van der Waals surface area contributed by atoms with Crippen molar-refractivity contribution in [1.29, 1.82) is 0 Å². The summed E-state index contributed by atoms with van der Waals surface area (Å²) in [4.78, 5) is 36.1. The molecule has 2 fully saturated rings. The fourth-order valence-corrected chi connectivity index (χ4v) is 5.08. The molecule has 12 heteroatoms. The van der Waals surface area contributed by atoms with Gasteiger partial charge in [-0.2, -0.15) is 0 Å². The van der Waals surface area contributed by atoms with Crippen LogP contribution in [0.1, 0.15) is 42.4 Å². The lowest BCUT2D eigenvalue weighted by Crippen LogP contribution is -2.35. The van der Waals surface area contributed by atoms with Gasteiger partial charge in [0.25, 0.3) is 0 Å². The molecular weight excluding hydrogens is 648 g/mol. The number of fused-ring (bicyclic) bond motifs is 1. The minimum Gasteiger partial charge on any atom is -0.494 e. The van der Waals surface area contributed by atoms with Crippen LogP contribution in [0.3, 0.4) is 0 Å². The molecule has 0 aromatic heterocycles. The number of hydrogen-bond acceptors (Lipinski definition) is 12. The first kappa shape index (κ1) is 38.1. The van der Waals surface area contributed by atoms with E-state index in [9.17, 15) is 14.4 Å². The van der Waals surface area contributed by atoms with Gasteiger partial charge < -0.3 is 42.6 Å². The molecule has 2 aliphatic heterocycles. The summed E-state index contributed by atoms with van der Waals surface area (Å²) in [7, 11) is 1.52. The zero-order chi connectivity index (χ0) is 35.6. The van der Waals surface area contributed by atoms with Gasteiger partial charge in [0, 0.05) is 30.9 Å². The molecule has 50 heavy (non-hydrogen) atoms. The SMILES string of the molecule is C=CC(=O)OCCCCCCOc1ccc(/C=C/C(=O)O[C@@H]2CO[C@@H]3C(OC(=O)/C=C/c4ccc(C(=C)OCOCOC)cc4)CO[C@@H]32)cc1. The van der Waals surface area contributed by atoms with Crippen molar-refractivity contribution < 1.29 is 57.0 Å². The van der Waals surface area contributed by atoms with Crippen LogP contribution in [0.4, 0.5) is 0 Å². The number of esters is 3. The second-order valence-electron chi connectivity index (χ2n) is 11.3. The van der Waals surface area contributed by atoms with Crippen LogP contribution in [-0.4, -0.2) is 89.4 Å². The number of hydrogen-bond donors (Lipinski definition) is 0.